The predicted molar refractivity (Wildman–Crippen MR) is 106 cm³/mol. The third-order valence-electron chi connectivity index (χ3n) is 4.27. The second-order valence-electron chi connectivity index (χ2n) is 6.28. The smallest absolute Gasteiger partial charge is 0.262 e. The van der Waals surface area contributed by atoms with Crippen LogP contribution < -0.4 is 10.1 Å². The number of rotatable bonds is 6. The minimum absolute atomic E-state index is 0.133. The van der Waals surface area contributed by atoms with Gasteiger partial charge < -0.3 is 14.8 Å². The number of ether oxygens (including phenoxy) is 2. The summed E-state index contributed by atoms with van der Waals surface area (Å²) in [7, 11) is -3.64. The van der Waals surface area contributed by atoms with E-state index >= 15 is 0 Å². The predicted octanol–water partition coefficient (Wildman–Crippen LogP) is 2.69. The Kier molecular flexibility index (Phi) is 6.56. The average Bonchev–Trinajstić information content (AvgIpc) is 2.70. The molecular weight excluding hydrogens is 404 g/mol. The molecule has 0 unspecified atom stereocenters. The quantitative estimate of drug-likeness (QED) is 0.770. The zero-order chi connectivity index (χ0) is 20.1. The van der Waals surface area contributed by atoms with Crippen molar-refractivity contribution in [3.63, 3.8) is 0 Å². The van der Waals surface area contributed by atoms with Gasteiger partial charge in [0.05, 0.1) is 18.1 Å². The van der Waals surface area contributed by atoms with E-state index in [0.717, 1.165) is 5.56 Å². The van der Waals surface area contributed by atoms with Crippen molar-refractivity contribution in [2.45, 2.75) is 11.8 Å². The normalized spacial score (nSPS) is 15.2. The number of hydrogen-bond acceptors (Lipinski definition) is 5. The van der Waals surface area contributed by atoms with Gasteiger partial charge in [-0.3, -0.25) is 4.79 Å². The summed E-state index contributed by atoms with van der Waals surface area (Å²) in [6, 6.07) is 11.3. The van der Waals surface area contributed by atoms with Gasteiger partial charge in [0.2, 0.25) is 10.0 Å². The molecule has 0 bridgehead atoms. The highest BCUT2D eigenvalue weighted by molar-refractivity contribution is 7.89. The number of aryl methyl sites for hydroxylation is 1. The molecule has 150 valence electrons. The fourth-order valence-corrected chi connectivity index (χ4v) is 4.26. The number of sulfonamides is 1. The summed E-state index contributed by atoms with van der Waals surface area (Å²) in [5, 5.41) is 3.28. The zero-order valence-corrected chi connectivity index (χ0v) is 16.9. The van der Waals surface area contributed by atoms with Gasteiger partial charge in [-0.2, -0.15) is 4.31 Å². The van der Waals surface area contributed by atoms with Gasteiger partial charge in [0.25, 0.3) is 5.91 Å². The molecule has 0 aromatic heterocycles. The summed E-state index contributed by atoms with van der Waals surface area (Å²) in [6.07, 6.45) is 0. The molecule has 1 aliphatic rings. The van der Waals surface area contributed by atoms with Crippen LogP contribution in [0.25, 0.3) is 0 Å². The molecule has 1 amide bonds. The van der Waals surface area contributed by atoms with E-state index in [1.807, 2.05) is 0 Å². The minimum Gasteiger partial charge on any atom is -0.484 e. The first kappa shape index (κ1) is 20.6. The standard InChI is InChI=1S/C19H21ClN2O5S/c1-14-2-7-17(28(24,25)22-8-10-26-11-9-22)12-18(14)21-19(23)13-27-16-5-3-15(20)4-6-16/h2-7,12H,8-11,13H2,1H3,(H,21,23). The van der Waals surface area contributed by atoms with Crippen molar-refractivity contribution in [3.8, 4) is 5.75 Å². The highest BCUT2D eigenvalue weighted by Crippen LogP contribution is 2.24. The molecule has 7 nitrogen and oxygen atoms in total. The van der Waals surface area contributed by atoms with Crippen LogP contribution in [-0.4, -0.2) is 51.5 Å². The Morgan fingerprint density at radius 1 is 1.18 bits per heavy atom. The lowest BCUT2D eigenvalue weighted by Crippen LogP contribution is -2.40. The van der Waals surface area contributed by atoms with Gasteiger partial charge >= 0.3 is 0 Å². The van der Waals surface area contributed by atoms with Crippen LogP contribution in [0.3, 0.4) is 0 Å². The molecular formula is C19H21ClN2O5S. The maximum absolute atomic E-state index is 12.8. The summed E-state index contributed by atoms with van der Waals surface area (Å²) in [6.45, 7) is 2.95. The van der Waals surface area contributed by atoms with Crippen LogP contribution in [0, 0.1) is 6.92 Å². The summed E-state index contributed by atoms with van der Waals surface area (Å²) in [5.41, 5.74) is 1.18. The average molecular weight is 425 g/mol. The van der Waals surface area contributed by atoms with Gasteiger partial charge in [-0.05, 0) is 48.9 Å². The van der Waals surface area contributed by atoms with Crippen molar-refractivity contribution in [1.82, 2.24) is 4.31 Å². The lowest BCUT2D eigenvalue weighted by atomic mass is 10.2. The van der Waals surface area contributed by atoms with E-state index in [1.54, 1.807) is 43.3 Å². The molecule has 0 atom stereocenters. The molecule has 9 heteroatoms. The first-order valence-electron chi connectivity index (χ1n) is 8.73. The number of hydrogen-bond donors (Lipinski definition) is 1. The van der Waals surface area contributed by atoms with Gasteiger partial charge in [0, 0.05) is 23.8 Å². The van der Waals surface area contributed by atoms with Gasteiger partial charge in [-0.25, -0.2) is 8.42 Å². The highest BCUT2D eigenvalue weighted by atomic mass is 35.5. The molecule has 0 saturated carbocycles. The number of halogens is 1. The fraction of sp³-hybridized carbons (Fsp3) is 0.316. The molecule has 0 spiro atoms. The van der Waals surface area contributed by atoms with E-state index in [1.165, 1.54) is 10.4 Å². The van der Waals surface area contributed by atoms with Crippen LogP contribution in [-0.2, 0) is 19.6 Å². The minimum atomic E-state index is -3.64. The molecule has 1 N–H and O–H groups in total. The van der Waals surface area contributed by atoms with Gasteiger partial charge in [0.15, 0.2) is 6.61 Å². The number of benzene rings is 2. The molecule has 1 heterocycles. The highest BCUT2D eigenvalue weighted by Gasteiger charge is 2.26. The molecule has 1 aliphatic heterocycles. The van der Waals surface area contributed by atoms with Crippen LogP contribution in [0.2, 0.25) is 5.02 Å². The molecule has 2 aromatic carbocycles. The van der Waals surface area contributed by atoms with Crippen LogP contribution in [0.1, 0.15) is 5.56 Å². The van der Waals surface area contributed by atoms with E-state index in [-0.39, 0.29) is 17.4 Å². The van der Waals surface area contributed by atoms with Crippen molar-refractivity contribution in [3.05, 3.63) is 53.1 Å². The number of nitrogens with one attached hydrogen (secondary N) is 1. The topological polar surface area (TPSA) is 84.9 Å². The van der Waals surface area contributed by atoms with Crippen LogP contribution in [0.5, 0.6) is 5.75 Å². The van der Waals surface area contributed by atoms with Crippen LogP contribution in [0.4, 0.5) is 5.69 Å². The van der Waals surface area contributed by atoms with Gasteiger partial charge in [-0.15, -0.1) is 0 Å². The molecule has 28 heavy (non-hydrogen) atoms. The Morgan fingerprint density at radius 3 is 2.54 bits per heavy atom. The lowest BCUT2D eigenvalue weighted by molar-refractivity contribution is -0.118. The molecule has 0 aliphatic carbocycles. The second kappa shape index (κ2) is 8.91. The number of anilines is 1. The van der Waals surface area contributed by atoms with Gasteiger partial charge in [0.1, 0.15) is 5.75 Å². The Bertz CT molecular complexity index is 941. The van der Waals surface area contributed by atoms with E-state index < -0.39 is 10.0 Å². The van der Waals surface area contributed by atoms with Crippen molar-refractivity contribution in [1.29, 1.82) is 0 Å². The van der Waals surface area contributed by atoms with Crippen LogP contribution in [0.15, 0.2) is 47.4 Å². The Labute approximate surface area is 169 Å². The molecule has 3 rings (SSSR count). The summed E-state index contributed by atoms with van der Waals surface area (Å²) in [5.74, 6) is 0.124. The molecule has 0 radical (unpaired) electrons. The molecule has 1 saturated heterocycles. The molecule has 2 aromatic rings. The van der Waals surface area contributed by atoms with E-state index in [4.69, 9.17) is 21.1 Å². The van der Waals surface area contributed by atoms with Crippen molar-refractivity contribution in [2.24, 2.45) is 0 Å². The summed E-state index contributed by atoms with van der Waals surface area (Å²) in [4.78, 5) is 12.4. The van der Waals surface area contributed by atoms with Crippen LogP contribution >= 0.6 is 11.6 Å². The van der Waals surface area contributed by atoms with Crippen molar-refractivity contribution in [2.75, 3.05) is 38.2 Å². The van der Waals surface area contributed by atoms with Gasteiger partial charge in [-0.1, -0.05) is 17.7 Å². The number of morpholine rings is 1. The maximum atomic E-state index is 12.8. The first-order valence-corrected chi connectivity index (χ1v) is 10.5. The largest absolute Gasteiger partial charge is 0.484 e. The Balaban J connectivity index is 1.68. The maximum Gasteiger partial charge on any atom is 0.262 e. The summed E-state index contributed by atoms with van der Waals surface area (Å²) >= 11 is 5.81. The Hall–Kier alpha value is -2.13. The first-order chi connectivity index (χ1) is 13.4. The summed E-state index contributed by atoms with van der Waals surface area (Å²) < 4.78 is 37.6. The lowest BCUT2D eigenvalue weighted by Gasteiger charge is -2.26. The monoisotopic (exact) mass is 424 g/mol. The van der Waals surface area contributed by atoms with Crippen molar-refractivity contribution >= 4 is 33.2 Å². The Morgan fingerprint density at radius 2 is 1.86 bits per heavy atom. The van der Waals surface area contributed by atoms with Crippen molar-refractivity contribution < 1.29 is 22.7 Å². The third-order valence-corrected chi connectivity index (χ3v) is 6.42. The van der Waals surface area contributed by atoms with E-state index in [9.17, 15) is 13.2 Å². The number of carbonyl (C=O) groups excluding carboxylic acids is 1. The van der Waals surface area contributed by atoms with E-state index in [2.05, 4.69) is 5.32 Å². The number of nitrogens with zero attached hydrogens (tertiary/aromatic N) is 1. The number of amides is 1. The fourth-order valence-electron chi connectivity index (χ4n) is 2.70. The third kappa shape index (κ3) is 5.02. The number of carbonyl (C=O) groups is 1. The zero-order valence-electron chi connectivity index (χ0n) is 15.4. The second-order valence-corrected chi connectivity index (χ2v) is 8.66. The SMILES string of the molecule is Cc1ccc(S(=O)(=O)N2CCOCC2)cc1NC(=O)COc1ccc(Cl)cc1. The van der Waals surface area contributed by atoms with E-state index in [0.29, 0.717) is 42.8 Å². The molecule has 1 fully saturated rings.